The molecule has 2 atom stereocenters. The zero-order valence-corrected chi connectivity index (χ0v) is 17.8. The molecule has 0 heterocycles. The van der Waals surface area contributed by atoms with E-state index in [1.165, 1.54) is 7.11 Å². The maximum absolute atomic E-state index is 13.4. The summed E-state index contributed by atoms with van der Waals surface area (Å²) in [6, 6.07) is 12.1. The van der Waals surface area contributed by atoms with E-state index in [0.29, 0.717) is 0 Å². The number of hydrogen-bond acceptors (Lipinski definition) is 5. The van der Waals surface area contributed by atoms with Crippen molar-refractivity contribution in [3.05, 3.63) is 59.7 Å². The summed E-state index contributed by atoms with van der Waals surface area (Å²) in [5.74, 6) is -2.59. The highest BCUT2D eigenvalue weighted by atomic mass is 19.3. The maximum Gasteiger partial charge on any atom is 0.407 e. The number of methoxy groups -OCH3 is 1. The molecule has 3 rings (SSSR count). The first-order chi connectivity index (χ1) is 15.8. The minimum Gasteiger partial charge on any atom is -0.480 e. The second-order valence-corrected chi connectivity index (χ2v) is 7.53. The molecule has 10 heteroatoms. The quantitative estimate of drug-likeness (QED) is 0.500. The topological polar surface area (TPSA) is 114 Å². The number of alkyl carbamates (subject to hydrolysis) is 1. The molecule has 0 saturated carbocycles. The van der Waals surface area contributed by atoms with Gasteiger partial charge in [0.25, 0.3) is 6.43 Å². The van der Waals surface area contributed by atoms with Crippen LogP contribution in [0.15, 0.2) is 48.5 Å². The molecule has 0 aliphatic heterocycles. The van der Waals surface area contributed by atoms with E-state index < -0.39 is 42.9 Å². The molecule has 0 spiro atoms. The van der Waals surface area contributed by atoms with Crippen LogP contribution in [0.3, 0.4) is 0 Å². The monoisotopic (exact) mass is 462 g/mol. The number of fused-ring (bicyclic) bond motifs is 3. The van der Waals surface area contributed by atoms with Gasteiger partial charge in [-0.15, -0.1) is 0 Å². The smallest absolute Gasteiger partial charge is 0.407 e. The van der Waals surface area contributed by atoms with Gasteiger partial charge in [-0.2, -0.15) is 0 Å². The summed E-state index contributed by atoms with van der Waals surface area (Å²) in [4.78, 5) is 35.3. The molecule has 0 aromatic heterocycles. The van der Waals surface area contributed by atoms with E-state index >= 15 is 0 Å². The number of rotatable bonds is 10. The highest BCUT2D eigenvalue weighted by molar-refractivity contribution is 5.84. The number of alkyl halides is 2. The SMILES string of the molecule is COC[C@H](NC(=O)CC(NC(=O)OCC1c2ccccc2-c2ccccc21)C(F)F)C(=O)O. The van der Waals surface area contributed by atoms with Crippen LogP contribution in [0.1, 0.15) is 23.5 Å². The van der Waals surface area contributed by atoms with E-state index in [1.54, 1.807) is 0 Å². The van der Waals surface area contributed by atoms with Crippen molar-refractivity contribution in [3.63, 3.8) is 0 Å². The van der Waals surface area contributed by atoms with Crippen LogP contribution in [-0.4, -0.2) is 61.9 Å². The normalized spacial score (nSPS) is 14.2. The third-order valence-electron chi connectivity index (χ3n) is 5.32. The number of aliphatic carboxylic acids is 1. The van der Waals surface area contributed by atoms with E-state index in [-0.39, 0.29) is 19.1 Å². The molecule has 1 aliphatic carbocycles. The van der Waals surface area contributed by atoms with Crippen LogP contribution >= 0.6 is 0 Å². The van der Waals surface area contributed by atoms with Gasteiger partial charge in [0, 0.05) is 13.0 Å². The van der Waals surface area contributed by atoms with Crippen LogP contribution in [0.4, 0.5) is 13.6 Å². The molecule has 3 N–H and O–H groups in total. The molecule has 0 fully saturated rings. The Morgan fingerprint density at radius 3 is 2.09 bits per heavy atom. The Balaban J connectivity index is 1.60. The number of halogens is 2. The van der Waals surface area contributed by atoms with Crippen LogP contribution in [-0.2, 0) is 19.1 Å². The summed E-state index contributed by atoms with van der Waals surface area (Å²) in [5.41, 5.74) is 3.98. The number of amides is 2. The van der Waals surface area contributed by atoms with Crippen molar-refractivity contribution < 1.29 is 37.7 Å². The van der Waals surface area contributed by atoms with Gasteiger partial charge < -0.3 is 25.2 Å². The van der Waals surface area contributed by atoms with Gasteiger partial charge in [0.2, 0.25) is 5.91 Å². The number of nitrogens with one attached hydrogen (secondary N) is 2. The Morgan fingerprint density at radius 2 is 1.58 bits per heavy atom. The third-order valence-corrected chi connectivity index (χ3v) is 5.32. The molecule has 1 unspecified atom stereocenters. The highest BCUT2D eigenvalue weighted by Gasteiger charge is 2.31. The van der Waals surface area contributed by atoms with Gasteiger partial charge in [-0.25, -0.2) is 18.4 Å². The standard InChI is InChI=1S/C23H24F2N2O6/c1-32-12-19(22(29)30)26-20(28)10-18(21(24)25)27-23(31)33-11-17-15-8-4-2-6-13(15)14-7-3-5-9-16(14)17/h2-9,17-19,21H,10-12H2,1H3,(H,26,28)(H,27,31)(H,29,30)/t18?,19-/m0/s1. The van der Waals surface area contributed by atoms with E-state index in [4.69, 9.17) is 9.84 Å². The minimum atomic E-state index is -3.07. The predicted octanol–water partition coefficient (Wildman–Crippen LogP) is 2.76. The van der Waals surface area contributed by atoms with Gasteiger partial charge in [0.1, 0.15) is 12.6 Å². The summed E-state index contributed by atoms with van der Waals surface area (Å²) < 4.78 is 36.7. The Labute approximate surface area is 188 Å². The lowest BCUT2D eigenvalue weighted by Gasteiger charge is -2.20. The van der Waals surface area contributed by atoms with Crippen molar-refractivity contribution in [1.29, 1.82) is 0 Å². The van der Waals surface area contributed by atoms with Crippen molar-refractivity contribution >= 4 is 18.0 Å². The predicted molar refractivity (Wildman–Crippen MR) is 114 cm³/mol. The minimum absolute atomic E-state index is 0.0725. The summed E-state index contributed by atoms with van der Waals surface area (Å²) in [7, 11) is 1.24. The van der Waals surface area contributed by atoms with Crippen LogP contribution < -0.4 is 10.6 Å². The average Bonchev–Trinajstić information content (AvgIpc) is 3.10. The van der Waals surface area contributed by atoms with E-state index in [0.717, 1.165) is 22.3 Å². The fourth-order valence-corrected chi connectivity index (χ4v) is 3.79. The van der Waals surface area contributed by atoms with E-state index in [2.05, 4.69) is 10.1 Å². The zero-order valence-electron chi connectivity index (χ0n) is 17.8. The largest absolute Gasteiger partial charge is 0.480 e. The second-order valence-electron chi connectivity index (χ2n) is 7.53. The maximum atomic E-state index is 13.4. The molecule has 2 amide bonds. The lowest BCUT2D eigenvalue weighted by Crippen LogP contribution is -2.48. The number of carbonyl (C=O) groups is 3. The van der Waals surface area contributed by atoms with Crippen molar-refractivity contribution in [2.45, 2.75) is 30.8 Å². The summed E-state index contributed by atoms with van der Waals surface area (Å²) in [5, 5.41) is 13.1. The first kappa shape index (κ1) is 24.1. The van der Waals surface area contributed by atoms with E-state index in [1.807, 2.05) is 53.8 Å². The number of benzene rings is 2. The van der Waals surface area contributed by atoms with Crippen LogP contribution in [0.25, 0.3) is 11.1 Å². The Morgan fingerprint density at radius 1 is 1.00 bits per heavy atom. The molecule has 8 nitrogen and oxygen atoms in total. The number of carbonyl (C=O) groups excluding carboxylic acids is 2. The Kier molecular flexibility index (Phi) is 7.94. The molecular formula is C23H24F2N2O6. The third kappa shape index (κ3) is 5.83. The first-order valence-electron chi connectivity index (χ1n) is 10.2. The lowest BCUT2D eigenvalue weighted by molar-refractivity contribution is -0.143. The van der Waals surface area contributed by atoms with Gasteiger partial charge in [-0.3, -0.25) is 4.79 Å². The number of carboxylic acids is 1. The summed E-state index contributed by atoms with van der Waals surface area (Å²) in [6.45, 7) is -0.406. The van der Waals surface area contributed by atoms with Crippen LogP contribution in [0.2, 0.25) is 0 Å². The van der Waals surface area contributed by atoms with Gasteiger partial charge in [0.15, 0.2) is 6.04 Å². The van der Waals surface area contributed by atoms with Crippen molar-refractivity contribution in [2.75, 3.05) is 20.3 Å². The van der Waals surface area contributed by atoms with Crippen molar-refractivity contribution in [1.82, 2.24) is 10.6 Å². The zero-order chi connectivity index (χ0) is 24.0. The average molecular weight is 462 g/mol. The molecule has 2 aromatic rings. The molecule has 176 valence electrons. The second kappa shape index (κ2) is 10.9. The molecule has 0 saturated heterocycles. The van der Waals surface area contributed by atoms with Crippen LogP contribution in [0.5, 0.6) is 0 Å². The van der Waals surface area contributed by atoms with Gasteiger partial charge in [-0.1, -0.05) is 48.5 Å². The number of hydrogen-bond donors (Lipinski definition) is 3. The molecule has 0 radical (unpaired) electrons. The Bertz CT molecular complexity index is 970. The fourth-order valence-electron chi connectivity index (χ4n) is 3.79. The first-order valence-corrected chi connectivity index (χ1v) is 10.2. The fraction of sp³-hybridized carbons (Fsp3) is 0.348. The number of ether oxygens (including phenoxy) is 2. The van der Waals surface area contributed by atoms with Crippen molar-refractivity contribution in [3.8, 4) is 11.1 Å². The molecule has 33 heavy (non-hydrogen) atoms. The summed E-state index contributed by atoms with van der Waals surface area (Å²) >= 11 is 0. The molecule has 0 bridgehead atoms. The molecule has 2 aromatic carbocycles. The molecule has 1 aliphatic rings. The van der Waals surface area contributed by atoms with E-state index in [9.17, 15) is 23.2 Å². The van der Waals surface area contributed by atoms with Gasteiger partial charge in [0.05, 0.1) is 13.0 Å². The molecular weight excluding hydrogens is 438 g/mol. The van der Waals surface area contributed by atoms with Crippen LogP contribution in [0, 0.1) is 0 Å². The van der Waals surface area contributed by atoms with Crippen molar-refractivity contribution in [2.24, 2.45) is 0 Å². The Hall–Kier alpha value is -3.53. The highest BCUT2D eigenvalue weighted by Crippen LogP contribution is 2.44. The summed E-state index contributed by atoms with van der Waals surface area (Å²) in [6.07, 6.45) is -4.99. The number of carboxylic acid groups (broad SMARTS) is 1. The van der Waals surface area contributed by atoms with Gasteiger partial charge >= 0.3 is 12.1 Å². The van der Waals surface area contributed by atoms with Gasteiger partial charge in [-0.05, 0) is 22.3 Å². The lowest BCUT2D eigenvalue weighted by atomic mass is 9.98.